The quantitative estimate of drug-likeness (QED) is 0.458. The van der Waals surface area contributed by atoms with Crippen LogP contribution >= 0.6 is 0 Å². The van der Waals surface area contributed by atoms with Gasteiger partial charge in [0.2, 0.25) is 0 Å². The number of carbonyl (C=O) groups excluding carboxylic acids is 1. The summed E-state index contributed by atoms with van der Waals surface area (Å²) in [6.45, 7) is 8.28. The zero-order valence-electron chi connectivity index (χ0n) is 19.1. The van der Waals surface area contributed by atoms with Gasteiger partial charge in [0.05, 0.1) is 23.0 Å². The molecule has 0 spiro atoms. The van der Waals surface area contributed by atoms with Crippen LogP contribution in [0.5, 0.6) is 5.75 Å². The summed E-state index contributed by atoms with van der Waals surface area (Å²) in [6, 6.07) is 13.0. The second kappa shape index (κ2) is 8.22. The SMILES string of the molecule is Cc1c(-c2cc(C(=O)[O-])c3c(OC4CC(C)(C)C4)ccc(C)c3n2)oc2ccccc12.[Na+]. The van der Waals surface area contributed by atoms with Crippen LogP contribution in [0.1, 0.15) is 48.2 Å². The van der Waals surface area contributed by atoms with Crippen molar-refractivity contribution in [2.75, 3.05) is 0 Å². The van der Waals surface area contributed by atoms with Gasteiger partial charge in [0.15, 0.2) is 5.76 Å². The van der Waals surface area contributed by atoms with E-state index in [-0.39, 0.29) is 46.6 Å². The third-order valence-corrected chi connectivity index (χ3v) is 6.27. The van der Waals surface area contributed by atoms with Gasteiger partial charge in [-0.2, -0.15) is 0 Å². The van der Waals surface area contributed by atoms with Crippen molar-refractivity contribution in [3.63, 3.8) is 0 Å². The summed E-state index contributed by atoms with van der Waals surface area (Å²) in [4.78, 5) is 17.0. The number of carboxylic acids is 1. The molecule has 5 nitrogen and oxygen atoms in total. The summed E-state index contributed by atoms with van der Waals surface area (Å²) in [5, 5.41) is 13.6. The summed E-state index contributed by atoms with van der Waals surface area (Å²) in [5.74, 6) is -0.149. The number of furan rings is 1. The molecule has 0 unspecified atom stereocenters. The molecule has 2 aromatic heterocycles. The van der Waals surface area contributed by atoms with Gasteiger partial charge in [0.25, 0.3) is 0 Å². The van der Waals surface area contributed by atoms with E-state index >= 15 is 0 Å². The van der Waals surface area contributed by atoms with Crippen molar-refractivity contribution in [1.82, 2.24) is 4.98 Å². The zero-order chi connectivity index (χ0) is 21.9. The van der Waals surface area contributed by atoms with Gasteiger partial charge in [0, 0.05) is 16.5 Å². The van der Waals surface area contributed by atoms with Crippen LogP contribution in [0, 0.1) is 19.3 Å². The fourth-order valence-corrected chi connectivity index (χ4v) is 4.67. The minimum absolute atomic E-state index is 0. The van der Waals surface area contributed by atoms with Crippen LogP contribution in [0.3, 0.4) is 0 Å². The smallest absolute Gasteiger partial charge is 0.545 e. The van der Waals surface area contributed by atoms with Crippen molar-refractivity contribution in [2.45, 2.75) is 46.6 Å². The fourth-order valence-electron chi connectivity index (χ4n) is 4.67. The first-order valence-corrected chi connectivity index (χ1v) is 10.5. The van der Waals surface area contributed by atoms with Gasteiger partial charge >= 0.3 is 29.6 Å². The molecule has 1 saturated carbocycles. The monoisotopic (exact) mass is 437 g/mol. The van der Waals surface area contributed by atoms with Crippen molar-refractivity contribution < 1.29 is 48.6 Å². The number of fused-ring (bicyclic) bond motifs is 2. The third kappa shape index (κ3) is 3.83. The first kappa shape index (κ1) is 22.8. The Balaban J connectivity index is 0.00000245. The third-order valence-electron chi connectivity index (χ3n) is 6.27. The Morgan fingerprint density at radius 2 is 1.88 bits per heavy atom. The van der Waals surface area contributed by atoms with Crippen molar-refractivity contribution in [2.24, 2.45) is 5.41 Å². The van der Waals surface area contributed by atoms with E-state index in [9.17, 15) is 9.90 Å². The first-order chi connectivity index (χ1) is 14.7. The van der Waals surface area contributed by atoms with E-state index < -0.39 is 5.97 Å². The maximum absolute atomic E-state index is 12.2. The zero-order valence-corrected chi connectivity index (χ0v) is 21.1. The standard InChI is InChI=1S/C26H25NO4.Na/c1-14-9-10-21(30-16-12-26(3,4)13-16)22-18(25(28)29)11-19(27-23(14)22)24-15(2)17-7-5-6-8-20(17)31-24;/h5-11,16H,12-13H2,1-4H3,(H,28,29);/q;+1/p-1. The van der Waals surface area contributed by atoms with Crippen LogP contribution in [-0.4, -0.2) is 17.1 Å². The van der Waals surface area contributed by atoms with Gasteiger partial charge in [-0.05, 0) is 55.9 Å². The number of rotatable bonds is 4. The number of aromatic carboxylic acids is 1. The summed E-state index contributed by atoms with van der Waals surface area (Å²) >= 11 is 0. The van der Waals surface area contributed by atoms with E-state index in [1.54, 1.807) is 6.07 Å². The van der Waals surface area contributed by atoms with Gasteiger partial charge in [-0.15, -0.1) is 0 Å². The van der Waals surface area contributed by atoms with Gasteiger partial charge in [-0.1, -0.05) is 38.1 Å². The van der Waals surface area contributed by atoms with Crippen LogP contribution in [0.4, 0.5) is 0 Å². The second-order valence-electron chi connectivity index (χ2n) is 9.31. The van der Waals surface area contributed by atoms with Crippen LogP contribution in [-0.2, 0) is 0 Å². The maximum atomic E-state index is 12.2. The summed E-state index contributed by atoms with van der Waals surface area (Å²) in [7, 11) is 0. The molecule has 4 aromatic rings. The van der Waals surface area contributed by atoms with Crippen molar-refractivity contribution >= 4 is 27.8 Å². The van der Waals surface area contributed by atoms with Crippen LogP contribution < -0.4 is 39.4 Å². The van der Waals surface area contributed by atoms with Crippen LogP contribution in [0.15, 0.2) is 46.9 Å². The maximum Gasteiger partial charge on any atom is 1.00 e. The van der Waals surface area contributed by atoms with E-state index in [1.165, 1.54) is 0 Å². The molecular weight excluding hydrogens is 413 g/mol. The Morgan fingerprint density at radius 3 is 2.53 bits per heavy atom. The predicted molar refractivity (Wildman–Crippen MR) is 118 cm³/mol. The molecule has 1 fully saturated rings. The molecule has 0 radical (unpaired) electrons. The molecule has 1 aliphatic rings. The van der Waals surface area contributed by atoms with Crippen molar-refractivity contribution in [3.8, 4) is 17.2 Å². The number of ether oxygens (including phenoxy) is 1. The molecule has 0 atom stereocenters. The second-order valence-corrected chi connectivity index (χ2v) is 9.31. The van der Waals surface area contributed by atoms with Gasteiger partial charge in [-0.3, -0.25) is 0 Å². The Kier molecular flexibility index (Phi) is 5.86. The Hall–Kier alpha value is -2.34. The minimum Gasteiger partial charge on any atom is -0.545 e. The minimum atomic E-state index is -1.26. The van der Waals surface area contributed by atoms with Crippen molar-refractivity contribution in [1.29, 1.82) is 0 Å². The van der Waals surface area contributed by atoms with E-state index in [2.05, 4.69) is 13.8 Å². The Labute approximate surface area is 209 Å². The number of hydrogen-bond acceptors (Lipinski definition) is 5. The molecule has 5 rings (SSSR count). The molecule has 158 valence electrons. The van der Waals surface area contributed by atoms with Gasteiger partial charge in [-0.25, -0.2) is 4.98 Å². The molecule has 32 heavy (non-hydrogen) atoms. The summed E-state index contributed by atoms with van der Waals surface area (Å²) < 4.78 is 12.3. The first-order valence-electron chi connectivity index (χ1n) is 10.5. The molecule has 0 amide bonds. The molecule has 2 aromatic carbocycles. The van der Waals surface area contributed by atoms with Crippen LogP contribution in [0.25, 0.3) is 33.3 Å². The largest absolute Gasteiger partial charge is 1.00 e. The number of para-hydroxylation sites is 1. The number of benzene rings is 2. The van der Waals surface area contributed by atoms with Crippen LogP contribution in [0.2, 0.25) is 0 Å². The molecule has 0 bridgehead atoms. The Bertz CT molecular complexity index is 1350. The molecule has 1 aliphatic carbocycles. The molecular formula is C26H24NNaO4. The average molecular weight is 437 g/mol. The van der Waals surface area contributed by atoms with E-state index in [0.717, 1.165) is 34.9 Å². The summed E-state index contributed by atoms with van der Waals surface area (Å²) in [6.07, 6.45) is 1.95. The number of aryl methyl sites for hydroxylation is 2. The number of hydrogen-bond donors (Lipinski definition) is 0. The molecule has 0 saturated heterocycles. The molecule has 6 heteroatoms. The fraction of sp³-hybridized carbons (Fsp3) is 0.308. The molecule has 0 aliphatic heterocycles. The average Bonchev–Trinajstić information content (AvgIpc) is 3.05. The van der Waals surface area contributed by atoms with E-state index in [0.29, 0.717) is 28.1 Å². The predicted octanol–water partition coefficient (Wildman–Crippen LogP) is 2.20. The molecule has 2 heterocycles. The summed E-state index contributed by atoms with van der Waals surface area (Å²) in [5.41, 5.74) is 3.93. The Morgan fingerprint density at radius 1 is 1.16 bits per heavy atom. The number of pyridine rings is 1. The topological polar surface area (TPSA) is 75.4 Å². The number of carbonyl (C=O) groups is 1. The van der Waals surface area contributed by atoms with Gasteiger partial charge < -0.3 is 19.1 Å². The van der Waals surface area contributed by atoms with E-state index in [1.807, 2.05) is 50.2 Å². The number of carboxylic acid groups (broad SMARTS) is 1. The van der Waals surface area contributed by atoms with E-state index in [4.69, 9.17) is 14.1 Å². The number of aromatic nitrogens is 1. The van der Waals surface area contributed by atoms with Crippen molar-refractivity contribution in [3.05, 3.63) is 59.2 Å². The van der Waals surface area contributed by atoms with Gasteiger partial charge in [0.1, 0.15) is 17.0 Å². The number of nitrogens with zero attached hydrogens (tertiary/aromatic N) is 1. The normalized spacial score (nSPS) is 15.4. The molecule has 0 N–H and O–H groups in total.